The van der Waals surface area contributed by atoms with Gasteiger partial charge in [-0.15, -0.1) is 0 Å². The Kier molecular flexibility index (Phi) is 6.98. The first kappa shape index (κ1) is 19.9. The summed E-state index contributed by atoms with van der Waals surface area (Å²) >= 11 is -0.213. The van der Waals surface area contributed by atoms with Crippen LogP contribution in [-0.4, -0.2) is 50.1 Å². The number of rotatable bonds is 8. The van der Waals surface area contributed by atoms with Crippen LogP contribution in [0.15, 0.2) is 24.3 Å². The summed E-state index contributed by atoms with van der Waals surface area (Å²) in [5.74, 6) is 0.758. The summed E-state index contributed by atoms with van der Waals surface area (Å²) in [6, 6.07) is 7.36. The van der Waals surface area contributed by atoms with Crippen LogP contribution in [0.5, 0.6) is 5.75 Å². The molecule has 1 amide bonds. The van der Waals surface area contributed by atoms with E-state index in [9.17, 15) is 4.79 Å². The Bertz CT molecular complexity index is 558. The number of alkyl carbamates (subject to hydrolysis) is 1. The Morgan fingerprint density at radius 3 is 2.48 bits per heavy atom. The molecule has 0 aliphatic carbocycles. The lowest BCUT2D eigenvalue weighted by molar-refractivity contribution is 0.124. The van der Waals surface area contributed by atoms with E-state index in [-0.39, 0.29) is 28.1 Å². The van der Waals surface area contributed by atoms with Crippen molar-refractivity contribution in [3.63, 3.8) is 0 Å². The first-order chi connectivity index (χ1) is 11.8. The number of nitrogens with one attached hydrogen (secondary N) is 1. The van der Waals surface area contributed by atoms with E-state index in [2.05, 4.69) is 32.3 Å². The molecule has 140 valence electrons. The van der Waals surface area contributed by atoms with Crippen molar-refractivity contribution in [1.29, 1.82) is 0 Å². The maximum Gasteiger partial charge on any atom is 0.408 e. The molecule has 3 atom stereocenters. The first-order valence-electron chi connectivity index (χ1n) is 8.29. The summed E-state index contributed by atoms with van der Waals surface area (Å²) in [6.45, 7) is 7.87. The molecule has 0 radical (unpaired) electrons. The van der Waals surface area contributed by atoms with Gasteiger partial charge in [-0.2, -0.15) is 4.18 Å². The second kappa shape index (κ2) is 8.78. The Balaban J connectivity index is 1.97. The molecule has 25 heavy (non-hydrogen) atoms. The average Bonchev–Trinajstić information content (AvgIpc) is 2.93. The van der Waals surface area contributed by atoms with Gasteiger partial charge in [0.15, 0.2) is 10.9 Å². The SMILES string of the molecule is COCCOc1ccc([C@@H]2OC(=O)N[C@H]2CO[S+](C)C(C)(C)C)cc1. The molecule has 1 aromatic rings. The molecule has 6 nitrogen and oxygen atoms in total. The molecule has 0 bridgehead atoms. The lowest BCUT2D eigenvalue weighted by Gasteiger charge is -2.20. The van der Waals surface area contributed by atoms with E-state index in [0.29, 0.717) is 19.8 Å². The Morgan fingerprint density at radius 2 is 1.88 bits per heavy atom. The number of hydrogen-bond donors (Lipinski definition) is 1. The van der Waals surface area contributed by atoms with E-state index >= 15 is 0 Å². The van der Waals surface area contributed by atoms with Gasteiger partial charge in [0.25, 0.3) is 0 Å². The van der Waals surface area contributed by atoms with Crippen LogP contribution in [-0.2, 0) is 24.8 Å². The zero-order chi connectivity index (χ0) is 18.4. The van der Waals surface area contributed by atoms with Gasteiger partial charge in [-0.1, -0.05) is 12.1 Å². The fourth-order valence-electron chi connectivity index (χ4n) is 2.24. The Morgan fingerprint density at radius 1 is 1.20 bits per heavy atom. The van der Waals surface area contributed by atoms with Crippen LogP contribution in [0.1, 0.15) is 32.4 Å². The minimum absolute atomic E-state index is 0.0696. The van der Waals surface area contributed by atoms with E-state index in [1.807, 2.05) is 24.3 Å². The van der Waals surface area contributed by atoms with Gasteiger partial charge in [0.2, 0.25) is 0 Å². The molecular formula is C18H28NO5S+. The summed E-state index contributed by atoms with van der Waals surface area (Å²) in [7, 11) is 1.64. The zero-order valence-corrected chi connectivity index (χ0v) is 16.4. The first-order valence-corrected chi connectivity index (χ1v) is 9.85. The van der Waals surface area contributed by atoms with E-state index in [0.717, 1.165) is 11.3 Å². The number of amides is 1. The highest BCUT2D eigenvalue weighted by atomic mass is 32.2. The number of ether oxygens (including phenoxy) is 3. The lowest BCUT2D eigenvalue weighted by atomic mass is 10.0. The molecule has 1 aliphatic heterocycles. The summed E-state index contributed by atoms with van der Waals surface area (Å²) in [6.07, 6.45) is 1.29. The molecule has 1 unspecified atom stereocenters. The molecule has 1 saturated heterocycles. The van der Waals surface area contributed by atoms with Crippen molar-refractivity contribution >= 4 is 17.3 Å². The van der Waals surface area contributed by atoms with Crippen molar-refractivity contribution in [1.82, 2.24) is 5.32 Å². The van der Waals surface area contributed by atoms with Gasteiger partial charge >= 0.3 is 6.09 Å². The van der Waals surface area contributed by atoms with Crippen LogP contribution >= 0.6 is 0 Å². The molecule has 0 saturated carbocycles. The molecule has 7 heteroatoms. The number of hydrogen-bond acceptors (Lipinski definition) is 5. The summed E-state index contributed by atoms with van der Waals surface area (Å²) in [4.78, 5) is 11.7. The maximum absolute atomic E-state index is 11.7. The molecule has 1 heterocycles. The number of carbonyl (C=O) groups excluding carboxylic acids is 1. The number of carbonyl (C=O) groups is 1. The fraction of sp³-hybridized carbons (Fsp3) is 0.611. The number of cyclic esters (lactones) is 1. The van der Waals surface area contributed by atoms with Crippen molar-refractivity contribution in [2.24, 2.45) is 0 Å². The van der Waals surface area contributed by atoms with Gasteiger partial charge in [-0.25, -0.2) is 4.79 Å². The van der Waals surface area contributed by atoms with E-state index < -0.39 is 6.09 Å². The predicted octanol–water partition coefficient (Wildman–Crippen LogP) is 2.84. The maximum atomic E-state index is 11.7. The van der Waals surface area contributed by atoms with Crippen LogP contribution in [0.2, 0.25) is 0 Å². The van der Waals surface area contributed by atoms with Gasteiger partial charge in [0.05, 0.1) is 6.61 Å². The molecule has 1 fully saturated rings. The van der Waals surface area contributed by atoms with Crippen LogP contribution in [0.3, 0.4) is 0 Å². The number of methoxy groups -OCH3 is 1. The van der Waals surface area contributed by atoms with E-state index in [1.54, 1.807) is 7.11 Å². The topological polar surface area (TPSA) is 66.0 Å². The van der Waals surface area contributed by atoms with Crippen molar-refractivity contribution in [2.75, 3.05) is 33.2 Å². The standard InChI is InChI=1S/C18H27NO5S/c1-18(2,3)25(5)23-12-15-16(24-17(20)19-15)13-6-8-14(9-7-13)22-11-10-21-4/h6-9,15-16H,10-12H2,1-5H3/p+1/t15-,16-,25?/m0/s1. The monoisotopic (exact) mass is 370 g/mol. The third-order valence-corrected chi connectivity index (χ3v) is 6.17. The zero-order valence-electron chi connectivity index (χ0n) is 15.5. The predicted molar refractivity (Wildman–Crippen MR) is 99.0 cm³/mol. The van der Waals surface area contributed by atoms with Crippen molar-refractivity contribution in [3.8, 4) is 5.75 Å². The van der Waals surface area contributed by atoms with Gasteiger partial charge in [0, 0.05) is 7.11 Å². The van der Waals surface area contributed by atoms with Crippen LogP contribution in [0.25, 0.3) is 0 Å². The highest BCUT2D eigenvalue weighted by molar-refractivity contribution is 7.93. The number of benzene rings is 1. The lowest BCUT2D eigenvalue weighted by Crippen LogP contribution is -2.37. The van der Waals surface area contributed by atoms with Crippen molar-refractivity contribution < 1.29 is 23.2 Å². The second-order valence-electron chi connectivity index (χ2n) is 6.84. The molecule has 0 aromatic heterocycles. The highest BCUT2D eigenvalue weighted by Gasteiger charge is 2.39. The summed E-state index contributed by atoms with van der Waals surface area (Å²) < 4.78 is 22.0. The average molecular weight is 370 g/mol. The normalized spacial score (nSPS) is 21.6. The van der Waals surface area contributed by atoms with E-state index in [4.69, 9.17) is 18.4 Å². The van der Waals surface area contributed by atoms with Crippen molar-refractivity contribution in [2.45, 2.75) is 37.7 Å². The molecule has 0 spiro atoms. The van der Waals surface area contributed by atoms with Crippen LogP contribution < -0.4 is 10.1 Å². The molecule has 1 aliphatic rings. The summed E-state index contributed by atoms with van der Waals surface area (Å²) in [5, 5.41) is 2.84. The Hall–Kier alpha value is -1.44. The quantitative estimate of drug-likeness (QED) is 0.563. The third kappa shape index (κ3) is 5.80. The molecule has 2 rings (SSSR count). The minimum atomic E-state index is -0.411. The highest BCUT2D eigenvalue weighted by Crippen LogP contribution is 2.29. The molecule has 1 N–H and O–H groups in total. The van der Waals surface area contributed by atoms with Gasteiger partial charge in [-0.3, -0.25) is 0 Å². The van der Waals surface area contributed by atoms with Gasteiger partial charge < -0.3 is 19.5 Å². The van der Waals surface area contributed by atoms with Crippen LogP contribution in [0, 0.1) is 0 Å². The fourth-order valence-corrected chi connectivity index (χ4v) is 2.94. The minimum Gasteiger partial charge on any atom is -0.491 e. The van der Waals surface area contributed by atoms with E-state index in [1.165, 1.54) is 0 Å². The third-order valence-electron chi connectivity index (χ3n) is 3.95. The van der Waals surface area contributed by atoms with Crippen LogP contribution in [0.4, 0.5) is 4.79 Å². The summed E-state index contributed by atoms with van der Waals surface area (Å²) in [5.41, 5.74) is 0.915. The van der Waals surface area contributed by atoms with Crippen molar-refractivity contribution in [3.05, 3.63) is 29.8 Å². The largest absolute Gasteiger partial charge is 0.491 e. The van der Waals surface area contributed by atoms with Gasteiger partial charge in [-0.05, 0) is 38.5 Å². The van der Waals surface area contributed by atoms with Gasteiger partial charge in [0.1, 0.15) is 42.4 Å². The second-order valence-corrected chi connectivity index (χ2v) is 9.21. The smallest absolute Gasteiger partial charge is 0.408 e. The Labute approximate surface area is 152 Å². The molecular weight excluding hydrogens is 342 g/mol. The molecule has 1 aromatic carbocycles.